The molecule has 12 nitrogen and oxygen atoms in total. The van der Waals surface area contributed by atoms with Crippen molar-refractivity contribution in [1.82, 2.24) is 43.2 Å². The van der Waals surface area contributed by atoms with Gasteiger partial charge in [0.1, 0.15) is 11.9 Å². The molecule has 0 saturated carbocycles. The van der Waals surface area contributed by atoms with Crippen LogP contribution in [0.3, 0.4) is 0 Å². The normalized spacial score (nSPS) is 17.4. The predicted octanol–water partition coefficient (Wildman–Crippen LogP) is 5.60. The van der Waals surface area contributed by atoms with E-state index >= 15 is 0 Å². The first-order chi connectivity index (χ1) is 24.8. The lowest BCUT2D eigenvalue weighted by molar-refractivity contribution is -0.744. The molecule has 0 radical (unpaired) electrons. The standard InChI is InChI=1S/C35H39Cl2F2N10O2S/c1-43-18-25(17-40-43)49-33-15-28(22-4-8-45(9-5-22)21-34(38)39)31(37)13-29(33)35(42-49)47-20-26(19-44(47)2)48-32-14-27(30(36)12-24(32)16-41-48)23-6-10-46(11-7-23)52(3,50)51/h12-20,22-23,34H,4-11,21H2,1-3H3/q+1. The highest BCUT2D eigenvalue weighted by Gasteiger charge is 2.30. The van der Waals surface area contributed by atoms with E-state index in [2.05, 4.69) is 17.2 Å². The molecule has 274 valence electrons. The minimum Gasteiger partial charge on any atom is -0.298 e. The lowest BCUT2D eigenvalue weighted by atomic mass is 9.89. The zero-order chi connectivity index (χ0) is 36.5. The van der Waals surface area contributed by atoms with Gasteiger partial charge in [0, 0.05) is 35.6 Å². The van der Waals surface area contributed by atoms with Crippen molar-refractivity contribution in [3.63, 3.8) is 0 Å². The van der Waals surface area contributed by atoms with Gasteiger partial charge in [-0.05, 0) is 86.0 Å². The van der Waals surface area contributed by atoms with Gasteiger partial charge in [-0.15, -0.1) is 14.5 Å². The molecule has 0 spiro atoms. The quantitative estimate of drug-likeness (QED) is 0.187. The topological polar surface area (TPSA) is 103 Å². The summed E-state index contributed by atoms with van der Waals surface area (Å²) in [5, 5.41) is 17.2. The Morgan fingerprint density at radius 1 is 0.865 bits per heavy atom. The Bertz CT molecular complexity index is 2400. The lowest BCUT2D eigenvalue weighted by Crippen LogP contribution is -2.37. The summed E-state index contributed by atoms with van der Waals surface area (Å²) in [6.45, 7) is 1.90. The molecule has 2 aliphatic rings. The molecule has 8 rings (SSSR count). The summed E-state index contributed by atoms with van der Waals surface area (Å²) in [7, 11) is 0.556. The van der Waals surface area contributed by atoms with Gasteiger partial charge in [0.2, 0.25) is 22.0 Å². The van der Waals surface area contributed by atoms with E-state index in [0.717, 1.165) is 57.1 Å². The van der Waals surface area contributed by atoms with Crippen molar-refractivity contribution in [1.29, 1.82) is 0 Å². The van der Waals surface area contributed by atoms with E-state index in [4.69, 9.17) is 33.4 Å². The Hall–Kier alpha value is -3.89. The molecule has 0 N–H and O–H groups in total. The van der Waals surface area contributed by atoms with Crippen molar-refractivity contribution < 1.29 is 21.9 Å². The van der Waals surface area contributed by atoms with Gasteiger partial charge in [0.15, 0.2) is 12.7 Å². The van der Waals surface area contributed by atoms with E-state index in [1.807, 2.05) is 68.4 Å². The number of hydrogen-bond donors (Lipinski definition) is 0. The third-order valence-corrected chi connectivity index (χ3v) is 12.5. The molecule has 2 aliphatic heterocycles. The molecule has 2 fully saturated rings. The van der Waals surface area contributed by atoms with Crippen LogP contribution in [0.15, 0.2) is 55.2 Å². The number of alkyl halides is 2. The van der Waals surface area contributed by atoms with Crippen molar-refractivity contribution in [2.45, 2.75) is 43.9 Å². The van der Waals surface area contributed by atoms with Crippen molar-refractivity contribution in [3.8, 4) is 17.2 Å². The van der Waals surface area contributed by atoms with Crippen molar-refractivity contribution in [2.24, 2.45) is 14.1 Å². The number of piperidine rings is 2. The number of nitrogens with zero attached hydrogens (tertiary/aromatic N) is 10. The Labute approximate surface area is 309 Å². The fourth-order valence-corrected chi connectivity index (χ4v) is 9.37. The van der Waals surface area contributed by atoms with Crippen LogP contribution >= 0.6 is 23.2 Å². The molecule has 0 unspecified atom stereocenters. The number of likely N-dealkylation sites (tertiary alicyclic amines) is 1. The predicted molar refractivity (Wildman–Crippen MR) is 196 cm³/mol. The molecular formula is C35H39Cl2F2N10O2S+. The van der Waals surface area contributed by atoms with E-state index < -0.39 is 16.4 Å². The maximum absolute atomic E-state index is 13.0. The van der Waals surface area contributed by atoms with Gasteiger partial charge in [-0.2, -0.15) is 10.2 Å². The second-order valence-electron chi connectivity index (χ2n) is 14.0. The van der Waals surface area contributed by atoms with Gasteiger partial charge >= 0.3 is 0 Å². The summed E-state index contributed by atoms with van der Waals surface area (Å²) in [6.07, 6.45) is 11.2. The first-order valence-corrected chi connectivity index (χ1v) is 19.9. The molecule has 6 aromatic rings. The van der Waals surface area contributed by atoms with Crippen LogP contribution in [0.25, 0.3) is 39.0 Å². The highest BCUT2D eigenvalue weighted by Crippen LogP contribution is 2.39. The third kappa shape index (κ3) is 6.50. The summed E-state index contributed by atoms with van der Waals surface area (Å²) in [5.41, 5.74) is 5.32. The number of benzene rings is 2. The molecule has 4 aromatic heterocycles. The van der Waals surface area contributed by atoms with Gasteiger partial charge < -0.3 is 0 Å². The molecule has 2 saturated heterocycles. The average Bonchev–Trinajstić information content (AvgIpc) is 3.89. The number of fused-ring (bicyclic) bond motifs is 2. The Morgan fingerprint density at radius 3 is 2.15 bits per heavy atom. The molecule has 0 amide bonds. The van der Waals surface area contributed by atoms with Crippen LogP contribution in [0.2, 0.25) is 10.0 Å². The SMILES string of the molecule is Cn1cc(-n2nc(-n3cc(-n4ncc5cc(Cl)c(C6CCN(S(C)(=O)=O)CC6)cc54)c[n+]3C)c3cc(Cl)c(C4CCN(CC(F)F)CC4)cc32)cn1. The number of sulfonamides is 1. The van der Waals surface area contributed by atoms with Crippen molar-refractivity contribution >= 4 is 55.0 Å². The van der Waals surface area contributed by atoms with Crippen LogP contribution in [-0.4, -0.2) is 97.1 Å². The van der Waals surface area contributed by atoms with Crippen LogP contribution in [-0.2, 0) is 24.1 Å². The number of aryl methyl sites for hydroxylation is 2. The largest absolute Gasteiger partial charge is 0.298 e. The monoisotopic (exact) mass is 771 g/mol. The van der Waals surface area contributed by atoms with Crippen LogP contribution in [0.5, 0.6) is 0 Å². The summed E-state index contributed by atoms with van der Waals surface area (Å²) >= 11 is 13.8. The van der Waals surface area contributed by atoms with Crippen LogP contribution < -0.4 is 4.68 Å². The second kappa shape index (κ2) is 13.5. The van der Waals surface area contributed by atoms with E-state index in [1.54, 1.807) is 17.1 Å². The van der Waals surface area contributed by atoms with Gasteiger partial charge in [0.25, 0.3) is 6.43 Å². The first kappa shape index (κ1) is 35.2. The molecule has 0 bridgehead atoms. The summed E-state index contributed by atoms with van der Waals surface area (Å²) in [5.74, 6) is 0.923. The fourth-order valence-electron chi connectivity index (χ4n) is 7.86. The van der Waals surface area contributed by atoms with Gasteiger partial charge in [-0.1, -0.05) is 23.2 Å². The number of aromatic nitrogens is 8. The molecule has 0 atom stereocenters. The summed E-state index contributed by atoms with van der Waals surface area (Å²) in [6, 6.07) is 8.06. The molecule has 6 heterocycles. The van der Waals surface area contributed by atoms with E-state index in [0.29, 0.717) is 54.9 Å². The highest BCUT2D eigenvalue weighted by molar-refractivity contribution is 7.88. The van der Waals surface area contributed by atoms with Crippen LogP contribution in [0.1, 0.15) is 48.6 Å². The highest BCUT2D eigenvalue weighted by atomic mass is 35.5. The molecular weight excluding hydrogens is 733 g/mol. The Kier molecular flexibility index (Phi) is 9.13. The van der Waals surface area contributed by atoms with Crippen molar-refractivity contribution in [3.05, 3.63) is 76.4 Å². The van der Waals surface area contributed by atoms with Gasteiger partial charge in [-0.25, -0.2) is 30.9 Å². The van der Waals surface area contributed by atoms with Crippen LogP contribution in [0, 0.1) is 0 Å². The zero-order valence-electron chi connectivity index (χ0n) is 29.0. The second-order valence-corrected chi connectivity index (χ2v) is 16.8. The fraction of sp³-hybridized carbons (Fsp3) is 0.429. The summed E-state index contributed by atoms with van der Waals surface area (Å²) in [4.78, 5) is 1.82. The zero-order valence-corrected chi connectivity index (χ0v) is 31.3. The Morgan fingerprint density at radius 2 is 1.52 bits per heavy atom. The molecule has 17 heteroatoms. The maximum Gasteiger partial charge on any atom is 0.251 e. The minimum absolute atomic E-state index is 0.126. The number of halogens is 4. The smallest absolute Gasteiger partial charge is 0.251 e. The van der Waals surface area contributed by atoms with E-state index in [-0.39, 0.29) is 18.4 Å². The number of rotatable bonds is 8. The molecule has 2 aromatic carbocycles. The van der Waals surface area contributed by atoms with Crippen LogP contribution in [0.4, 0.5) is 8.78 Å². The summed E-state index contributed by atoms with van der Waals surface area (Å²) < 4.78 is 61.2. The first-order valence-electron chi connectivity index (χ1n) is 17.3. The lowest BCUT2D eigenvalue weighted by Gasteiger charge is -2.32. The third-order valence-electron chi connectivity index (χ3n) is 10.6. The van der Waals surface area contributed by atoms with Gasteiger partial charge in [0.05, 0.1) is 47.8 Å². The Balaban J connectivity index is 1.16. The average molecular weight is 773 g/mol. The van der Waals surface area contributed by atoms with E-state index in [1.165, 1.54) is 10.6 Å². The molecule has 52 heavy (non-hydrogen) atoms. The number of hydrogen-bond acceptors (Lipinski definition) is 6. The van der Waals surface area contributed by atoms with Crippen molar-refractivity contribution in [2.75, 3.05) is 39.0 Å². The van der Waals surface area contributed by atoms with Gasteiger partial charge in [-0.3, -0.25) is 9.58 Å². The van der Waals surface area contributed by atoms with E-state index in [9.17, 15) is 17.2 Å². The molecule has 0 aliphatic carbocycles. The maximum atomic E-state index is 13.0. The minimum atomic E-state index is -3.24.